The summed E-state index contributed by atoms with van der Waals surface area (Å²) in [4.78, 5) is 2.71. The number of rotatable bonds is 6. The van der Waals surface area contributed by atoms with Crippen LogP contribution in [0.3, 0.4) is 0 Å². The average molecular weight is 477 g/mol. The van der Waals surface area contributed by atoms with E-state index in [1.54, 1.807) is 7.11 Å². The zero-order chi connectivity index (χ0) is 23.9. The number of methoxy groups -OCH3 is 1. The predicted molar refractivity (Wildman–Crippen MR) is 137 cm³/mol. The number of ether oxygens (including phenoxy) is 2. The molecule has 1 aliphatic carbocycles. The molecule has 1 N–H and O–H groups in total. The van der Waals surface area contributed by atoms with Crippen molar-refractivity contribution in [3.05, 3.63) is 30.0 Å². The lowest BCUT2D eigenvalue weighted by Crippen LogP contribution is -2.32. The third-order valence-electron chi connectivity index (χ3n) is 8.35. The average Bonchev–Trinajstić information content (AvgIpc) is 3.53. The van der Waals surface area contributed by atoms with Gasteiger partial charge in [-0.25, -0.2) is 0 Å². The van der Waals surface area contributed by atoms with Crippen molar-refractivity contribution in [3.8, 4) is 17.0 Å². The second-order valence-electron chi connectivity index (χ2n) is 10.7. The number of hydrogen-bond acceptors (Lipinski definition) is 7. The molecule has 0 spiro atoms. The number of fused-ring (bicyclic) bond motifs is 2. The van der Waals surface area contributed by atoms with E-state index in [1.165, 1.54) is 45.3 Å². The maximum absolute atomic E-state index is 5.74. The summed E-state index contributed by atoms with van der Waals surface area (Å²) in [6.07, 6.45) is 6.88. The van der Waals surface area contributed by atoms with Gasteiger partial charge in [0.2, 0.25) is 0 Å². The minimum absolute atomic E-state index is 0.428. The van der Waals surface area contributed by atoms with E-state index >= 15 is 0 Å². The fourth-order valence-corrected chi connectivity index (χ4v) is 6.54. The van der Waals surface area contributed by atoms with Crippen LogP contribution >= 0.6 is 0 Å². The van der Waals surface area contributed by atoms with E-state index in [0.29, 0.717) is 6.04 Å². The summed E-state index contributed by atoms with van der Waals surface area (Å²) < 4.78 is 13.1. The van der Waals surface area contributed by atoms with Gasteiger partial charge in [0.25, 0.3) is 0 Å². The summed E-state index contributed by atoms with van der Waals surface area (Å²) in [5.41, 5.74) is 4.03. The third kappa shape index (κ3) is 4.49. The lowest BCUT2D eigenvalue weighted by molar-refractivity contribution is 0.0545. The van der Waals surface area contributed by atoms with Crippen molar-refractivity contribution in [1.82, 2.24) is 24.9 Å². The molecule has 6 rings (SSSR count). The van der Waals surface area contributed by atoms with Gasteiger partial charge in [0.1, 0.15) is 0 Å². The van der Waals surface area contributed by atoms with Gasteiger partial charge in [-0.15, -0.1) is 10.2 Å². The molecule has 3 aromatic rings. The lowest BCUT2D eigenvalue weighted by Gasteiger charge is -2.27. The number of hydrogen-bond donors (Lipinski definition) is 1. The number of benzene rings is 1. The molecule has 1 aromatic carbocycles. The van der Waals surface area contributed by atoms with Crippen molar-refractivity contribution in [2.24, 2.45) is 24.8 Å². The molecule has 3 fully saturated rings. The van der Waals surface area contributed by atoms with Gasteiger partial charge < -0.3 is 19.7 Å². The molecule has 186 valence electrons. The van der Waals surface area contributed by atoms with Crippen molar-refractivity contribution in [1.29, 1.82) is 0 Å². The van der Waals surface area contributed by atoms with Crippen LogP contribution in [-0.2, 0) is 11.8 Å². The van der Waals surface area contributed by atoms with Crippen LogP contribution in [0.5, 0.6) is 5.75 Å². The van der Waals surface area contributed by atoms with Gasteiger partial charge in [-0.3, -0.25) is 4.68 Å². The maximum Gasteiger partial charge on any atom is 0.191 e. The molecule has 0 unspecified atom stereocenters. The molecule has 3 aliphatic rings. The lowest BCUT2D eigenvalue weighted by atomic mass is 10.00. The number of aromatic nitrogens is 4. The Hall–Kier alpha value is -2.71. The van der Waals surface area contributed by atoms with Gasteiger partial charge in [0.05, 0.1) is 18.3 Å². The molecular weight excluding hydrogens is 440 g/mol. The van der Waals surface area contributed by atoms with Gasteiger partial charge in [-0.1, -0.05) is 6.07 Å². The molecule has 8 nitrogen and oxygen atoms in total. The van der Waals surface area contributed by atoms with Crippen LogP contribution in [0.2, 0.25) is 0 Å². The molecule has 0 amide bonds. The summed E-state index contributed by atoms with van der Waals surface area (Å²) in [5.74, 6) is 3.87. The van der Waals surface area contributed by atoms with Crippen molar-refractivity contribution < 1.29 is 9.47 Å². The highest BCUT2D eigenvalue weighted by atomic mass is 16.5. The van der Waals surface area contributed by atoms with Crippen LogP contribution < -0.4 is 10.1 Å². The minimum Gasteiger partial charge on any atom is -0.493 e. The van der Waals surface area contributed by atoms with Gasteiger partial charge in [0, 0.05) is 69.2 Å². The Bertz CT molecular complexity index is 1190. The van der Waals surface area contributed by atoms with Crippen molar-refractivity contribution in [2.45, 2.75) is 38.6 Å². The first-order valence-electron chi connectivity index (χ1n) is 13.0. The summed E-state index contributed by atoms with van der Waals surface area (Å²) in [5, 5.41) is 18.5. The van der Waals surface area contributed by atoms with Crippen LogP contribution in [0.4, 0.5) is 5.82 Å². The Labute approximate surface area is 207 Å². The zero-order valence-electron chi connectivity index (χ0n) is 21.0. The highest BCUT2D eigenvalue weighted by Crippen LogP contribution is 2.41. The van der Waals surface area contributed by atoms with Crippen LogP contribution in [0.1, 0.15) is 31.2 Å². The Morgan fingerprint density at radius 2 is 1.89 bits per heavy atom. The Balaban J connectivity index is 1.12. The van der Waals surface area contributed by atoms with Crippen LogP contribution in [-0.4, -0.2) is 70.9 Å². The summed E-state index contributed by atoms with van der Waals surface area (Å²) >= 11 is 0. The molecule has 0 radical (unpaired) electrons. The largest absolute Gasteiger partial charge is 0.493 e. The first-order valence-corrected chi connectivity index (χ1v) is 13.0. The van der Waals surface area contributed by atoms with Gasteiger partial charge >= 0.3 is 0 Å². The van der Waals surface area contributed by atoms with E-state index in [1.807, 2.05) is 23.9 Å². The monoisotopic (exact) mass is 476 g/mol. The fraction of sp³-hybridized carbons (Fsp3) is 0.593. The highest BCUT2D eigenvalue weighted by Gasteiger charge is 2.41. The van der Waals surface area contributed by atoms with E-state index in [9.17, 15) is 0 Å². The smallest absolute Gasteiger partial charge is 0.191 e. The summed E-state index contributed by atoms with van der Waals surface area (Å²) in [6, 6.07) is 6.55. The van der Waals surface area contributed by atoms with Gasteiger partial charge in [-0.05, 0) is 62.0 Å². The predicted octanol–water partition coefficient (Wildman–Crippen LogP) is 3.90. The number of nitrogens with one attached hydrogen (secondary N) is 1. The second-order valence-corrected chi connectivity index (χ2v) is 10.7. The topological polar surface area (TPSA) is 77.3 Å². The zero-order valence-corrected chi connectivity index (χ0v) is 21.0. The Morgan fingerprint density at radius 3 is 2.63 bits per heavy atom. The third-order valence-corrected chi connectivity index (χ3v) is 8.35. The van der Waals surface area contributed by atoms with Crippen molar-refractivity contribution in [2.75, 3.05) is 45.3 Å². The first kappa shape index (κ1) is 22.7. The Morgan fingerprint density at radius 1 is 1.11 bits per heavy atom. The number of nitrogens with zero attached hydrogens (tertiary/aromatic N) is 5. The Kier molecular flexibility index (Phi) is 6.10. The minimum atomic E-state index is 0.428. The molecule has 2 saturated heterocycles. The summed E-state index contributed by atoms with van der Waals surface area (Å²) in [7, 11) is 3.66. The summed E-state index contributed by atoms with van der Waals surface area (Å²) in [6.45, 7) is 7.71. The number of anilines is 1. The van der Waals surface area contributed by atoms with E-state index < -0.39 is 0 Å². The molecule has 0 bridgehead atoms. The second kappa shape index (κ2) is 9.39. The van der Waals surface area contributed by atoms with Crippen molar-refractivity contribution >= 4 is 16.7 Å². The van der Waals surface area contributed by atoms with Gasteiger partial charge in [-0.2, -0.15) is 5.10 Å². The molecule has 3 atom stereocenters. The van der Waals surface area contributed by atoms with Crippen LogP contribution in [0.25, 0.3) is 22.2 Å². The SMILES string of the molecule is COc1cc(-c2ccc3nn(C)cc3c2C)nnc1N[C@H]1C[C@@H]2CN(CC3CCOCC3)C[C@@H]2C1. The number of aryl methyl sites for hydroxylation is 2. The fourth-order valence-electron chi connectivity index (χ4n) is 6.54. The molecule has 2 aliphatic heterocycles. The highest BCUT2D eigenvalue weighted by molar-refractivity contribution is 5.88. The van der Waals surface area contributed by atoms with E-state index in [0.717, 1.165) is 70.3 Å². The molecule has 35 heavy (non-hydrogen) atoms. The standard InChI is InChI=1S/C27H36N6O2/c1-17-22(4-5-24-23(17)16-32(2)31-24)25-12-26(34-3)27(30-29-25)28-21-10-19-14-33(15-20(19)11-21)13-18-6-8-35-9-7-18/h4-5,12,16,18-21H,6-11,13-15H2,1-3H3,(H,28,30)/t19-,20+,21+. The van der Waals surface area contributed by atoms with Crippen molar-refractivity contribution in [3.63, 3.8) is 0 Å². The van der Waals surface area contributed by atoms with Crippen LogP contribution in [0.15, 0.2) is 24.4 Å². The maximum atomic E-state index is 5.74. The molecule has 2 aromatic heterocycles. The quantitative estimate of drug-likeness (QED) is 0.578. The number of likely N-dealkylation sites (tertiary alicyclic amines) is 1. The van der Waals surface area contributed by atoms with Crippen LogP contribution in [0, 0.1) is 24.7 Å². The van der Waals surface area contributed by atoms with E-state index in [-0.39, 0.29) is 0 Å². The molecule has 8 heteroatoms. The molecule has 4 heterocycles. The van der Waals surface area contributed by atoms with E-state index in [4.69, 9.17) is 9.47 Å². The first-order chi connectivity index (χ1) is 17.1. The normalized spacial score (nSPS) is 25.3. The van der Waals surface area contributed by atoms with Gasteiger partial charge in [0.15, 0.2) is 11.6 Å². The molecule has 1 saturated carbocycles. The van der Waals surface area contributed by atoms with E-state index in [2.05, 4.69) is 44.7 Å². The molecular formula is C27H36N6O2.